The molecule has 5 aromatic rings. The molecule has 0 bridgehead atoms. The average molecular weight is 601 g/mol. The minimum atomic E-state index is -0.510. The number of hydrogen-bond donors (Lipinski definition) is 2. The summed E-state index contributed by atoms with van der Waals surface area (Å²) in [6.45, 7) is 4.32. The molecule has 0 aliphatic heterocycles. The molecular weight excluding hydrogens is 572 g/mol. The molecule has 0 spiro atoms. The first kappa shape index (κ1) is 29.2. The normalized spacial score (nSPS) is 11.8. The monoisotopic (exact) mass is 600 g/mol. The molecule has 3 aromatic carbocycles. The van der Waals surface area contributed by atoms with Crippen LogP contribution in [0.3, 0.4) is 0 Å². The predicted octanol–water partition coefficient (Wildman–Crippen LogP) is 6.44. The molecule has 1 atom stereocenters. The summed E-state index contributed by atoms with van der Waals surface area (Å²) in [4.78, 5) is 44.3. The molecule has 0 fully saturated rings. The fraction of sp³-hybridized carbons (Fsp3) is 0.188. The van der Waals surface area contributed by atoms with Crippen molar-refractivity contribution in [3.8, 4) is 0 Å². The number of nitrogens with one attached hydrogen (secondary N) is 2. The Morgan fingerprint density at radius 1 is 1.05 bits per heavy atom. The van der Waals surface area contributed by atoms with Crippen molar-refractivity contribution in [2.75, 3.05) is 5.32 Å². The van der Waals surface area contributed by atoms with Crippen LogP contribution in [0.25, 0.3) is 10.9 Å². The van der Waals surface area contributed by atoms with Crippen LogP contribution in [0.15, 0.2) is 99.5 Å². The van der Waals surface area contributed by atoms with Gasteiger partial charge in [0.15, 0.2) is 5.16 Å². The molecule has 8 nitrogen and oxygen atoms in total. The van der Waals surface area contributed by atoms with E-state index in [1.54, 1.807) is 59.4 Å². The van der Waals surface area contributed by atoms with Crippen LogP contribution in [0.2, 0.25) is 5.02 Å². The van der Waals surface area contributed by atoms with Crippen molar-refractivity contribution in [3.05, 3.63) is 123 Å². The van der Waals surface area contributed by atoms with E-state index in [4.69, 9.17) is 21.0 Å². The lowest BCUT2D eigenvalue weighted by Crippen LogP contribution is -2.28. The van der Waals surface area contributed by atoms with Crippen LogP contribution in [-0.4, -0.2) is 26.6 Å². The summed E-state index contributed by atoms with van der Waals surface area (Å²) < 4.78 is 6.84. The van der Waals surface area contributed by atoms with Crippen molar-refractivity contribution < 1.29 is 14.0 Å². The topological polar surface area (TPSA) is 106 Å². The number of amides is 2. The first-order chi connectivity index (χ1) is 20.3. The molecule has 0 saturated heterocycles. The van der Waals surface area contributed by atoms with E-state index in [2.05, 4.69) is 10.6 Å². The van der Waals surface area contributed by atoms with Gasteiger partial charge in [-0.05, 0) is 73.0 Å². The zero-order chi connectivity index (χ0) is 29.6. The molecular formula is C32H29ClN4O4S. The Morgan fingerprint density at radius 3 is 2.55 bits per heavy atom. The molecule has 2 N–H and O–H groups in total. The summed E-state index contributed by atoms with van der Waals surface area (Å²) >= 11 is 7.49. The fourth-order valence-electron chi connectivity index (χ4n) is 4.35. The van der Waals surface area contributed by atoms with E-state index in [0.717, 1.165) is 11.1 Å². The van der Waals surface area contributed by atoms with Gasteiger partial charge < -0.3 is 15.1 Å². The number of fused-ring (bicyclic) bond motifs is 1. The molecule has 2 aromatic heterocycles. The number of carbonyl (C=O) groups excluding carboxylic acids is 2. The van der Waals surface area contributed by atoms with Crippen molar-refractivity contribution in [1.82, 2.24) is 14.9 Å². The molecule has 0 saturated carbocycles. The summed E-state index contributed by atoms with van der Waals surface area (Å²) in [5, 5.41) is 6.74. The summed E-state index contributed by atoms with van der Waals surface area (Å²) in [7, 11) is 0. The van der Waals surface area contributed by atoms with Crippen molar-refractivity contribution >= 4 is 51.8 Å². The summed E-state index contributed by atoms with van der Waals surface area (Å²) in [6, 6.07) is 23.1. The Hall–Kier alpha value is -4.34. The van der Waals surface area contributed by atoms with E-state index in [0.29, 0.717) is 44.5 Å². The summed E-state index contributed by atoms with van der Waals surface area (Å²) in [5.41, 5.74) is 3.18. The molecule has 2 heterocycles. The van der Waals surface area contributed by atoms with Crippen molar-refractivity contribution in [3.63, 3.8) is 0 Å². The minimum Gasteiger partial charge on any atom is -0.467 e. The van der Waals surface area contributed by atoms with E-state index in [-0.39, 0.29) is 30.5 Å². The predicted molar refractivity (Wildman–Crippen MR) is 166 cm³/mol. The molecule has 5 rings (SSSR count). The lowest BCUT2D eigenvalue weighted by Gasteiger charge is -2.18. The average Bonchev–Trinajstić information content (AvgIpc) is 3.52. The van der Waals surface area contributed by atoms with Crippen molar-refractivity contribution in [2.45, 2.75) is 43.8 Å². The maximum Gasteiger partial charge on any atom is 0.262 e. The SMILES string of the molecule is CC[C@H](Sc1nc2ccccc2c(=O)n1Cc1ccc(C(=O)NCc2ccco2)cc1)C(=O)Nc1ccc(C)c(Cl)c1. The van der Waals surface area contributed by atoms with Crippen LogP contribution < -0.4 is 16.2 Å². The van der Waals surface area contributed by atoms with Crippen molar-refractivity contribution in [1.29, 1.82) is 0 Å². The Bertz CT molecular complexity index is 1790. The number of halogens is 1. The molecule has 0 aliphatic carbocycles. The number of anilines is 1. The highest BCUT2D eigenvalue weighted by Gasteiger charge is 2.23. The van der Waals surface area contributed by atoms with Gasteiger partial charge in [-0.15, -0.1) is 0 Å². The van der Waals surface area contributed by atoms with Gasteiger partial charge in [0, 0.05) is 16.3 Å². The highest BCUT2D eigenvalue weighted by Crippen LogP contribution is 2.27. The van der Waals surface area contributed by atoms with Gasteiger partial charge in [0.1, 0.15) is 5.76 Å². The number of hydrogen-bond acceptors (Lipinski definition) is 6. The lowest BCUT2D eigenvalue weighted by atomic mass is 10.1. The molecule has 0 unspecified atom stereocenters. The maximum atomic E-state index is 13.6. The lowest BCUT2D eigenvalue weighted by molar-refractivity contribution is -0.115. The van der Waals surface area contributed by atoms with Crippen LogP contribution in [0.1, 0.15) is 40.6 Å². The molecule has 214 valence electrons. The third kappa shape index (κ3) is 6.75. The zero-order valence-corrected chi connectivity index (χ0v) is 24.7. The van der Waals surface area contributed by atoms with Gasteiger partial charge in [-0.1, -0.05) is 60.6 Å². The zero-order valence-electron chi connectivity index (χ0n) is 23.1. The second kappa shape index (κ2) is 13.1. The molecule has 0 radical (unpaired) electrons. The molecule has 2 amide bonds. The highest BCUT2D eigenvalue weighted by molar-refractivity contribution is 8.00. The van der Waals surface area contributed by atoms with Crippen LogP contribution >= 0.6 is 23.4 Å². The second-order valence-electron chi connectivity index (χ2n) is 9.73. The Balaban J connectivity index is 1.38. The van der Waals surface area contributed by atoms with Gasteiger partial charge in [0.2, 0.25) is 5.91 Å². The first-order valence-corrected chi connectivity index (χ1v) is 14.7. The summed E-state index contributed by atoms with van der Waals surface area (Å²) in [6.07, 6.45) is 2.07. The summed E-state index contributed by atoms with van der Waals surface area (Å²) in [5.74, 6) is 0.224. The van der Waals surface area contributed by atoms with Crippen LogP contribution in [0.4, 0.5) is 5.69 Å². The largest absolute Gasteiger partial charge is 0.467 e. The highest BCUT2D eigenvalue weighted by atomic mass is 35.5. The van der Waals surface area contributed by atoms with Crippen LogP contribution in [-0.2, 0) is 17.9 Å². The number of benzene rings is 3. The smallest absolute Gasteiger partial charge is 0.262 e. The molecule has 0 aliphatic rings. The maximum absolute atomic E-state index is 13.6. The van der Waals surface area contributed by atoms with Gasteiger partial charge in [-0.3, -0.25) is 19.0 Å². The fourth-order valence-corrected chi connectivity index (χ4v) is 5.54. The van der Waals surface area contributed by atoms with Crippen LogP contribution in [0, 0.1) is 6.92 Å². The number of carbonyl (C=O) groups is 2. The molecule has 10 heteroatoms. The number of aromatic nitrogens is 2. The number of rotatable bonds is 10. The third-order valence-corrected chi connectivity index (χ3v) is 8.50. The van der Waals surface area contributed by atoms with Gasteiger partial charge in [0.05, 0.1) is 35.5 Å². The number of thioether (sulfide) groups is 1. The van der Waals surface area contributed by atoms with Crippen LogP contribution in [0.5, 0.6) is 0 Å². The van der Waals surface area contributed by atoms with Gasteiger partial charge >= 0.3 is 0 Å². The Kier molecular flexibility index (Phi) is 9.09. The van der Waals surface area contributed by atoms with E-state index in [1.807, 2.05) is 44.2 Å². The number of nitrogens with zero attached hydrogens (tertiary/aromatic N) is 2. The van der Waals surface area contributed by atoms with E-state index in [1.165, 1.54) is 11.8 Å². The Labute approximate surface area is 252 Å². The third-order valence-electron chi connectivity index (χ3n) is 6.74. The van der Waals surface area contributed by atoms with Crippen molar-refractivity contribution in [2.24, 2.45) is 0 Å². The van der Waals surface area contributed by atoms with E-state index in [9.17, 15) is 14.4 Å². The minimum absolute atomic E-state index is 0.205. The van der Waals surface area contributed by atoms with Gasteiger partial charge in [0.25, 0.3) is 11.5 Å². The quantitative estimate of drug-likeness (QED) is 0.141. The van der Waals surface area contributed by atoms with Gasteiger partial charge in [-0.25, -0.2) is 4.98 Å². The molecule has 42 heavy (non-hydrogen) atoms. The number of para-hydroxylation sites is 1. The van der Waals surface area contributed by atoms with E-state index >= 15 is 0 Å². The number of furan rings is 1. The number of aryl methyl sites for hydroxylation is 1. The standard InChI is InChI=1S/C32H29ClN4O4S/c1-3-28(30(39)35-23-15-10-20(2)26(33)17-23)42-32-36-27-9-5-4-8-25(27)31(40)37(32)19-21-11-13-22(14-12-21)29(38)34-18-24-7-6-16-41-24/h4-17,28H,3,18-19H2,1-2H3,(H,34,38)(H,35,39)/t28-/m0/s1. The van der Waals surface area contributed by atoms with Gasteiger partial charge in [-0.2, -0.15) is 0 Å². The Morgan fingerprint density at radius 2 is 1.83 bits per heavy atom. The second-order valence-corrected chi connectivity index (χ2v) is 11.3. The van der Waals surface area contributed by atoms with E-state index < -0.39 is 5.25 Å². The first-order valence-electron chi connectivity index (χ1n) is 13.4.